The molecule has 0 amide bonds. The third kappa shape index (κ3) is 15.5. The highest BCUT2D eigenvalue weighted by Gasteiger charge is 1.94. The Labute approximate surface area is 104 Å². The minimum absolute atomic E-state index is 0.0332. The second-order valence-electron chi connectivity index (χ2n) is 3.83. The first-order valence-electron chi connectivity index (χ1n) is 6.20. The Morgan fingerprint density at radius 1 is 0.882 bits per heavy atom. The van der Waals surface area contributed by atoms with Gasteiger partial charge in [0, 0.05) is 6.61 Å². The zero-order valence-corrected chi connectivity index (χ0v) is 10.8. The maximum absolute atomic E-state index is 10.5. The number of unbranched alkanes of at least 4 members (excludes halogenated alkanes) is 2. The molecule has 0 atom stereocenters. The summed E-state index contributed by atoms with van der Waals surface area (Å²) in [5, 5.41) is 0. The van der Waals surface area contributed by atoms with Crippen LogP contribution in [0.25, 0.3) is 0 Å². The Hall–Kier alpha value is -0.490. The van der Waals surface area contributed by atoms with E-state index in [4.69, 9.17) is 19.9 Å². The number of carbonyl (C=O) groups is 1. The standard InChI is InChI=1S/C12H25NO4/c1-12(14)11-17-10-9-16-8-7-15-6-4-2-3-5-13/h2-11,13H2,1H3. The molecule has 2 N–H and O–H groups in total. The molecule has 0 rings (SSSR count). The van der Waals surface area contributed by atoms with Gasteiger partial charge in [-0.15, -0.1) is 0 Å². The van der Waals surface area contributed by atoms with E-state index >= 15 is 0 Å². The minimum atomic E-state index is 0.0332. The monoisotopic (exact) mass is 247 g/mol. The van der Waals surface area contributed by atoms with Gasteiger partial charge in [0.1, 0.15) is 6.61 Å². The predicted octanol–water partition coefficient (Wildman–Crippen LogP) is 0.754. The first kappa shape index (κ1) is 16.5. The van der Waals surface area contributed by atoms with Gasteiger partial charge in [0.2, 0.25) is 0 Å². The third-order valence-corrected chi connectivity index (χ3v) is 2.04. The number of hydrogen-bond acceptors (Lipinski definition) is 5. The molecular weight excluding hydrogens is 222 g/mol. The van der Waals surface area contributed by atoms with Gasteiger partial charge in [-0.3, -0.25) is 4.79 Å². The van der Waals surface area contributed by atoms with Gasteiger partial charge in [-0.2, -0.15) is 0 Å². The molecule has 5 nitrogen and oxygen atoms in total. The smallest absolute Gasteiger partial charge is 0.155 e. The molecular formula is C12H25NO4. The number of nitrogens with two attached hydrogens (primary N) is 1. The Kier molecular flexibility index (Phi) is 13.2. The topological polar surface area (TPSA) is 70.8 Å². The maximum Gasteiger partial charge on any atom is 0.155 e. The molecule has 0 saturated heterocycles. The second kappa shape index (κ2) is 13.6. The van der Waals surface area contributed by atoms with E-state index in [1.807, 2.05) is 0 Å². The van der Waals surface area contributed by atoms with Crippen molar-refractivity contribution in [1.82, 2.24) is 0 Å². The van der Waals surface area contributed by atoms with Crippen molar-refractivity contribution in [3.63, 3.8) is 0 Å². The zero-order valence-electron chi connectivity index (χ0n) is 10.8. The van der Waals surface area contributed by atoms with Crippen LogP contribution in [0.3, 0.4) is 0 Å². The summed E-state index contributed by atoms with van der Waals surface area (Å²) in [4.78, 5) is 10.5. The largest absolute Gasteiger partial charge is 0.379 e. The van der Waals surface area contributed by atoms with Gasteiger partial charge < -0.3 is 19.9 Å². The molecule has 0 fully saturated rings. The molecule has 0 heterocycles. The van der Waals surface area contributed by atoms with Crippen LogP contribution in [0.1, 0.15) is 26.2 Å². The lowest BCUT2D eigenvalue weighted by Gasteiger charge is -2.06. The van der Waals surface area contributed by atoms with E-state index in [2.05, 4.69) is 0 Å². The van der Waals surface area contributed by atoms with E-state index in [-0.39, 0.29) is 12.4 Å². The molecule has 0 aromatic rings. The first-order valence-corrected chi connectivity index (χ1v) is 6.20. The molecule has 0 bridgehead atoms. The van der Waals surface area contributed by atoms with Crippen LogP contribution in [0.5, 0.6) is 0 Å². The Bertz CT molecular complexity index is 176. The van der Waals surface area contributed by atoms with Crippen LogP contribution in [0, 0.1) is 0 Å². The van der Waals surface area contributed by atoms with Crippen molar-refractivity contribution in [2.24, 2.45) is 5.73 Å². The molecule has 0 aliphatic carbocycles. The minimum Gasteiger partial charge on any atom is -0.379 e. The van der Waals surface area contributed by atoms with Crippen molar-refractivity contribution in [3.05, 3.63) is 0 Å². The molecule has 0 aromatic heterocycles. The summed E-state index contributed by atoms with van der Waals surface area (Å²) in [5.41, 5.74) is 5.37. The highest BCUT2D eigenvalue weighted by molar-refractivity contribution is 5.76. The molecule has 0 aliphatic heterocycles. The van der Waals surface area contributed by atoms with Crippen molar-refractivity contribution >= 4 is 5.78 Å². The molecule has 0 radical (unpaired) electrons. The van der Waals surface area contributed by atoms with Crippen LogP contribution >= 0.6 is 0 Å². The van der Waals surface area contributed by atoms with E-state index in [0.717, 1.165) is 32.4 Å². The molecule has 0 aliphatic rings. The van der Waals surface area contributed by atoms with E-state index in [1.54, 1.807) is 0 Å². The number of hydrogen-bond donors (Lipinski definition) is 1. The van der Waals surface area contributed by atoms with E-state index in [0.29, 0.717) is 26.4 Å². The lowest BCUT2D eigenvalue weighted by Crippen LogP contribution is -2.12. The van der Waals surface area contributed by atoms with Crippen molar-refractivity contribution in [3.8, 4) is 0 Å². The fourth-order valence-electron chi connectivity index (χ4n) is 1.18. The Balaban J connectivity index is 2.91. The Morgan fingerprint density at radius 2 is 1.47 bits per heavy atom. The average Bonchev–Trinajstić information content (AvgIpc) is 2.30. The van der Waals surface area contributed by atoms with Gasteiger partial charge in [0.05, 0.1) is 26.4 Å². The molecule has 0 unspecified atom stereocenters. The molecule has 5 heteroatoms. The maximum atomic E-state index is 10.5. The number of ether oxygens (including phenoxy) is 3. The van der Waals surface area contributed by atoms with E-state index < -0.39 is 0 Å². The Morgan fingerprint density at radius 3 is 2.06 bits per heavy atom. The first-order chi connectivity index (χ1) is 8.27. The van der Waals surface area contributed by atoms with Crippen LogP contribution in [-0.2, 0) is 19.0 Å². The summed E-state index contributed by atoms with van der Waals surface area (Å²) in [7, 11) is 0. The van der Waals surface area contributed by atoms with Gasteiger partial charge in [-0.05, 0) is 32.7 Å². The summed E-state index contributed by atoms with van der Waals surface area (Å²) in [5.74, 6) is 0.0332. The van der Waals surface area contributed by atoms with Crippen LogP contribution in [0.2, 0.25) is 0 Å². The quantitative estimate of drug-likeness (QED) is 0.486. The summed E-state index contributed by atoms with van der Waals surface area (Å²) in [6.45, 7) is 5.32. The summed E-state index contributed by atoms with van der Waals surface area (Å²) >= 11 is 0. The molecule has 17 heavy (non-hydrogen) atoms. The number of Topliss-reactive ketones (excluding diaryl/α,β-unsaturated/α-hetero) is 1. The molecule has 0 spiro atoms. The van der Waals surface area contributed by atoms with Crippen molar-refractivity contribution < 1.29 is 19.0 Å². The van der Waals surface area contributed by atoms with Crippen LogP contribution < -0.4 is 5.73 Å². The van der Waals surface area contributed by atoms with Crippen molar-refractivity contribution in [2.75, 3.05) is 46.2 Å². The predicted molar refractivity (Wildman–Crippen MR) is 66.0 cm³/mol. The summed E-state index contributed by atoms with van der Waals surface area (Å²) < 4.78 is 15.7. The molecule has 102 valence electrons. The average molecular weight is 247 g/mol. The van der Waals surface area contributed by atoms with Gasteiger partial charge in [-0.25, -0.2) is 0 Å². The second-order valence-corrected chi connectivity index (χ2v) is 3.83. The molecule has 0 aromatic carbocycles. The molecule has 0 saturated carbocycles. The van der Waals surface area contributed by atoms with Gasteiger partial charge in [0.15, 0.2) is 5.78 Å². The fourth-order valence-corrected chi connectivity index (χ4v) is 1.18. The summed E-state index contributed by atoms with van der Waals surface area (Å²) in [6.07, 6.45) is 3.24. The van der Waals surface area contributed by atoms with Gasteiger partial charge in [-0.1, -0.05) is 0 Å². The summed E-state index contributed by atoms with van der Waals surface area (Å²) in [6, 6.07) is 0. The van der Waals surface area contributed by atoms with Crippen molar-refractivity contribution in [2.45, 2.75) is 26.2 Å². The van der Waals surface area contributed by atoms with Gasteiger partial charge >= 0.3 is 0 Å². The highest BCUT2D eigenvalue weighted by atomic mass is 16.5. The third-order valence-electron chi connectivity index (χ3n) is 2.04. The van der Waals surface area contributed by atoms with Crippen LogP contribution in [-0.4, -0.2) is 52.0 Å². The van der Waals surface area contributed by atoms with E-state index in [9.17, 15) is 4.79 Å². The van der Waals surface area contributed by atoms with Crippen molar-refractivity contribution in [1.29, 1.82) is 0 Å². The number of ketones is 1. The SMILES string of the molecule is CC(=O)COCCOCCOCCCCCN. The van der Waals surface area contributed by atoms with Crippen LogP contribution in [0.4, 0.5) is 0 Å². The van der Waals surface area contributed by atoms with Gasteiger partial charge in [0.25, 0.3) is 0 Å². The lowest BCUT2D eigenvalue weighted by atomic mass is 10.2. The lowest BCUT2D eigenvalue weighted by molar-refractivity contribution is -0.122. The number of rotatable bonds is 13. The normalized spacial score (nSPS) is 10.7. The van der Waals surface area contributed by atoms with Crippen LogP contribution in [0.15, 0.2) is 0 Å². The highest BCUT2D eigenvalue weighted by Crippen LogP contribution is 1.93. The van der Waals surface area contributed by atoms with E-state index in [1.165, 1.54) is 6.92 Å². The number of carbonyl (C=O) groups excluding carboxylic acids is 1. The fraction of sp³-hybridized carbons (Fsp3) is 0.917. The zero-order chi connectivity index (χ0) is 12.8.